The summed E-state index contributed by atoms with van der Waals surface area (Å²) in [5.74, 6) is 1.03. The highest BCUT2D eigenvalue weighted by molar-refractivity contribution is 5.80. The second-order valence-corrected chi connectivity index (χ2v) is 4.26. The first-order valence-corrected chi connectivity index (χ1v) is 4.76. The molecule has 0 aromatic heterocycles. The molecule has 1 aliphatic carbocycles. The molecule has 0 aromatic rings. The van der Waals surface area contributed by atoms with Gasteiger partial charge in [0.1, 0.15) is 6.10 Å². The molecule has 2 unspecified atom stereocenters. The maximum Gasteiger partial charge on any atom is 0.248 e. The number of rotatable bonds is 2. The number of amides is 1. The molecule has 0 spiro atoms. The normalized spacial score (nSPS) is 39.8. The Kier molecular flexibility index (Phi) is 2.04. The molecular formula is C9H16N2O2. The number of fused-ring (bicyclic) bond motifs is 1. The number of piperidine rings is 1. The van der Waals surface area contributed by atoms with E-state index in [1.165, 1.54) is 6.92 Å². The van der Waals surface area contributed by atoms with E-state index in [1.54, 1.807) is 0 Å². The van der Waals surface area contributed by atoms with Gasteiger partial charge in [-0.1, -0.05) is 0 Å². The molecule has 13 heavy (non-hydrogen) atoms. The predicted octanol–water partition coefficient (Wildman–Crippen LogP) is -0.957. The van der Waals surface area contributed by atoms with Crippen LogP contribution < -0.4 is 5.32 Å². The summed E-state index contributed by atoms with van der Waals surface area (Å²) >= 11 is 0. The summed E-state index contributed by atoms with van der Waals surface area (Å²) in [6.45, 7) is 3.66. The number of nitrogens with one attached hydrogen (secondary N) is 1. The molecule has 1 aliphatic heterocycles. The van der Waals surface area contributed by atoms with Crippen LogP contribution in [0.1, 0.15) is 6.92 Å². The lowest BCUT2D eigenvalue weighted by molar-refractivity contribution is -0.128. The van der Waals surface area contributed by atoms with Crippen LogP contribution in [-0.4, -0.2) is 48.2 Å². The van der Waals surface area contributed by atoms with Gasteiger partial charge in [0.15, 0.2) is 0 Å². The fourth-order valence-electron chi connectivity index (χ4n) is 2.24. The fourth-order valence-corrected chi connectivity index (χ4v) is 2.24. The van der Waals surface area contributed by atoms with Crippen molar-refractivity contribution in [1.29, 1.82) is 0 Å². The van der Waals surface area contributed by atoms with Crippen molar-refractivity contribution in [2.75, 3.05) is 20.1 Å². The van der Waals surface area contributed by atoms with Crippen LogP contribution in [0.5, 0.6) is 0 Å². The standard InChI is InChI=1S/C9H16N2O2/c1-5(12)9(13)10-8-6-3-11(2)4-7(6)8/h5-8,12H,3-4H2,1-2H3,(H,10,13)/t5-,6?,7?,8?/m0/s1. The molecule has 2 rings (SSSR count). The van der Waals surface area contributed by atoms with E-state index in [4.69, 9.17) is 5.11 Å². The highest BCUT2D eigenvalue weighted by atomic mass is 16.3. The molecule has 2 aliphatic rings. The van der Waals surface area contributed by atoms with Crippen molar-refractivity contribution in [2.24, 2.45) is 11.8 Å². The molecule has 3 atom stereocenters. The van der Waals surface area contributed by atoms with E-state index in [2.05, 4.69) is 17.3 Å². The number of nitrogens with zero attached hydrogens (tertiary/aromatic N) is 1. The molecule has 1 amide bonds. The van der Waals surface area contributed by atoms with Crippen molar-refractivity contribution in [1.82, 2.24) is 10.2 Å². The molecule has 1 heterocycles. The minimum Gasteiger partial charge on any atom is -0.384 e. The van der Waals surface area contributed by atoms with Gasteiger partial charge in [-0.15, -0.1) is 0 Å². The number of aliphatic hydroxyl groups is 1. The zero-order chi connectivity index (χ0) is 9.59. The van der Waals surface area contributed by atoms with E-state index in [1.807, 2.05) is 0 Å². The third-order valence-electron chi connectivity index (χ3n) is 3.06. The molecule has 1 saturated carbocycles. The lowest BCUT2D eigenvalue weighted by Gasteiger charge is -2.14. The Labute approximate surface area is 77.9 Å². The van der Waals surface area contributed by atoms with Crippen LogP contribution in [0.3, 0.4) is 0 Å². The Hall–Kier alpha value is -0.610. The average molecular weight is 184 g/mol. The average Bonchev–Trinajstić information content (AvgIpc) is 2.54. The van der Waals surface area contributed by atoms with Crippen LogP contribution in [0.15, 0.2) is 0 Å². The van der Waals surface area contributed by atoms with Crippen LogP contribution in [-0.2, 0) is 4.79 Å². The second-order valence-electron chi connectivity index (χ2n) is 4.26. The number of aliphatic hydroxyl groups excluding tert-OH is 1. The fraction of sp³-hybridized carbons (Fsp3) is 0.889. The molecular weight excluding hydrogens is 168 g/mol. The molecule has 2 N–H and O–H groups in total. The first-order chi connectivity index (χ1) is 6.09. The summed E-state index contributed by atoms with van der Waals surface area (Å²) in [6.07, 6.45) is -0.876. The summed E-state index contributed by atoms with van der Waals surface area (Å²) in [7, 11) is 2.10. The maximum atomic E-state index is 11.1. The van der Waals surface area contributed by atoms with Gasteiger partial charge in [-0.25, -0.2) is 0 Å². The van der Waals surface area contributed by atoms with Crippen LogP contribution in [0.2, 0.25) is 0 Å². The molecule has 0 bridgehead atoms. The monoisotopic (exact) mass is 184 g/mol. The van der Waals surface area contributed by atoms with Crippen LogP contribution >= 0.6 is 0 Å². The molecule has 4 nitrogen and oxygen atoms in total. The molecule has 0 aromatic carbocycles. The largest absolute Gasteiger partial charge is 0.384 e. The van der Waals surface area contributed by atoms with Crippen molar-refractivity contribution in [3.8, 4) is 0 Å². The van der Waals surface area contributed by atoms with E-state index in [-0.39, 0.29) is 5.91 Å². The van der Waals surface area contributed by atoms with Gasteiger partial charge in [0.2, 0.25) is 5.91 Å². The Morgan fingerprint density at radius 2 is 2.08 bits per heavy atom. The third-order valence-corrected chi connectivity index (χ3v) is 3.06. The van der Waals surface area contributed by atoms with Gasteiger partial charge in [-0.2, -0.15) is 0 Å². The Balaban J connectivity index is 1.79. The van der Waals surface area contributed by atoms with E-state index in [0.29, 0.717) is 17.9 Å². The van der Waals surface area contributed by atoms with Crippen molar-refractivity contribution in [2.45, 2.75) is 19.1 Å². The number of carbonyl (C=O) groups excluding carboxylic acids is 1. The Morgan fingerprint density at radius 1 is 1.54 bits per heavy atom. The molecule has 74 valence electrons. The van der Waals surface area contributed by atoms with Crippen molar-refractivity contribution < 1.29 is 9.90 Å². The van der Waals surface area contributed by atoms with Gasteiger partial charge in [0, 0.05) is 19.1 Å². The van der Waals surface area contributed by atoms with E-state index >= 15 is 0 Å². The summed E-state index contributed by atoms with van der Waals surface area (Å²) in [5, 5.41) is 11.9. The zero-order valence-electron chi connectivity index (χ0n) is 8.03. The highest BCUT2D eigenvalue weighted by Crippen LogP contribution is 2.44. The first kappa shape index (κ1) is 8.97. The van der Waals surface area contributed by atoms with Gasteiger partial charge in [-0.3, -0.25) is 4.79 Å². The summed E-state index contributed by atoms with van der Waals surface area (Å²) < 4.78 is 0. The molecule has 0 radical (unpaired) electrons. The first-order valence-electron chi connectivity index (χ1n) is 4.76. The van der Waals surface area contributed by atoms with Gasteiger partial charge >= 0.3 is 0 Å². The van der Waals surface area contributed by atoms with Gasteiger partial charge < -0.3 is 15.3 Å². The maximum absolute atomic E-state index is 11.1. The highest BCUT2D eigenvalue weighted by Gasteiger charge is 2.55. The summed E-state index contributed by atoms with van der Waals surface area (Å²) in [5.41, 5.74) is 0. The zero-order valence-corrected chi connectivity index (χ0v) is 8.03. The Morgan fingerprint density at radius 3 is 2.54 bits per heavy atom. The van der Waals surface area contributed by atoms with Crippen LogP contribution in [0, 0.1) is 11.8 Å². The smallest absolute Gasteiger partial charge is 0.248 e. The van der Waals surface area contributed by atoms with Crippen LogP contribution in [0.4, 0.5) is 0 Å². The molecule has 4 heteroatoms. The topological polar surface area (TPSA) is 52.6 Å². The third kappa shape index (κ3) is 1.56. The van der Waals surface area contributed by atoms with E-state index < -0.39 is 6.10 Å². The van der Waals surface area contributed by atoms with Crippen LogP contribution in [0.25, 0.3) is 0 Å². The van der Waals surface area contributed by atoms with E-state index in [9.17, 15) is 4.79 Å². The summed E-state index contributed by atoms with van der Waals surface area (Å²) in [6, 6.07) is 0.332. The quantitative estimate of drug-likeness (QED) is 0.581. The summed E-state index contributed by atoms with van der Waals surface area (Å²) in [4.78, 5) is 13.4. The van der Waals surface area contributed by atoms with Gasteiger partial charge in [-0.05, 0) is 25.8 Å². The SMILES string of the molecule is C[C@H](O)C(=O)NC1C2CN(C)CC21. The number of hydrogen-bond acceptors (Lipinski definition) is 3. The molecule has 2 fully saturated rings. The minimum atomic E-state index is -0.876. The lowest BCUT2D eigenvalue weighted by atomic mass is 10.3. The number of hydrogen-bond donors (Lipinski definition) is 2. The van der Waals surface area contributed by atoms with Crippen molar-refractivity contribution >= 4 is 5.91 Å². The lowest BCUT2D eigenvalue weighted by Crippen LogP contribution is -2.38. The Bertz CT molecular complexity index is 218. The predicted molar refractivity (Wildman–Crippen MR) is 48.1 cm³/mol. The van der Waals surface area contributed by atoms with Crippen molar-refractivity contribution in [3.05, 3.63) is 0 Å². The molecule has 1 saturated heterocycles. The van der Waals surface area contributed by atoms with Gasteiger partial charge in [0.25, 0.3) is 0 Å². The number of likely N-dealkylation sites (tertiary alicyclic amines) is 1. The number of carbonyl (C=O) groups is 1. The van der Waals surface area contributed by atoms with Gasteiger partial charge in [0.05, 0.1) is 0 Å². The second kappa shape index (κ2) is 2.96. The van der Waals surface area contributed by atoms with E-state index in [0.717, 1.165) is 13.1 Å². The van der Waals surface area contributed by atoms with Crippen molar-refractivity contribution in [3.63, 3.8) is 0 Å². The minimum absolute atomic E-state index is 0.234.